The summed E-state index contributed by atoms with van der Waals surface area (Å²) in [5, 5.41) is 5.64. The molecule has 3 rings (SSSR count). The third-order valence-corrected chi connectivity index (χ3v) is 3.74. The predicted octanol–water partition coefficient (Wildman–Crippen LogP) is 3.01. The van der Waals surface area contributed by atoms with Crippen LogP contribution in [0.5, 0.6) is 11.5 Å². The predicted molar refractivity (Wildman–Crippen MR) is 90.5 cm³/mol. The van der Waals surface area contributed by atoms with Crippen molar-refractivity contribution in [1.82, 2.24) is 5.32 Å². The Bertz CT molecular complexity index is 660. The van der Waals surface area contributed by atoms with Crippen LogP contribution in [0.15, 0.2) is 54.6 Å². The van der Waals surface area contributed by atoms with E-state index in [1.165, 1.54) is 0 Å². The van der Waals surface area contributed by atoms with Gasteiger partial charge in [0.25, 0.3) is 0 Å². The Hall–Kier alpha value is -2.57. The molecule has 6 heteroatoms. The molecular formula is C18H20N2O4. The number of nitrogens with one attached hydrogen (secondary N) is 2. The molecule has 2 N–H and O–H groups in total. The van der Waals surface area contributed by atoms with E-state index in [4.69, 9.17) is 14.2 Å². The molecule has 2 aromatic rings. The topological polar surface area (TPSA) is 68.8 Å². The van der Waals surface area contributed by atoms with Crippen LogP contribution < -0.4 is 15.4 Å². The zero-order chi connectivity index (χ0) is 16.8. The normalized spacial score (nSPS) is 19.7. The number of urea groups is 1. The van der Waals surface area contributed by atoms with E-state index in [1.807, 2.05) is 30.3 Å². The number of rotatable bonds is 5. The van der Waals surface area contributed by atoms with Crippen LogP contribution in [0, 0.1) is 0 Å². The van der Waals surface area contributed by atoms with Crippen molar-refractivity contribution < 1.29 is 19.0 Å². The minimum Gasteiger partial charge on any atom is -0.457 e. The monoisotopic (exact) mass is 328 g/mol. The molecule has 1 saturated heterocycles. The number of methoxy groups -OCH3 is 1. The first-order valence-electron chi connectivity index (χ1n) is 7.75. The number of hydrogen-bond acceptors (Lipinski definition) is 4. The Labute approximate surface area is 140 Å². The second kappa shape index (κ2) is 7.81. The van der Waals surface area contributed by atoms with Crippen LogP contribution in [-0.2, 0) is 9.47 Å². The van der Waals surface area contributed by atoms with Gasteiger partial charge in [-0.3, -0.25) is 0 Å². The van der Waals surface area contributed by atoms with Gasteiger partial charge in [-0.1, -0.05) is 18.2 Å². The standard InChI is InChI=1S/C18H20N2O4/c1-22-17-12-23-11-16(17)20-18(21)19-13-7-9-15(10-8-13)24-14-5-3-2-4-6-14/h2-10,16-17H,11-12H2,1H3,(H2,19,20,21)/t16-,17-/m0/s1. The highest BCUT2D eigenvalue weighted by Gasteiger charge is 2.29. The third kappa shape index (κ3) is 4.24. The molecular weight excluding hydrogens is 308 g/mol. The second-order valence-corrected chi connectivity index (χ2v) is 5.46. The van der Waals surface area contributed by atoms with E-state index >= 15 is 0 Å². The fraction of sp³-hybridized carbons (Fsp3) is 0.278. The van der Waals surface area contributed by atoms with E-state index < -0.39 is 0 Å². The molecule has 0 radical (unpaired) electrons. The summed E-state index contributed by atoms with van der Waals surface area (Å²) in [6, 6.07) is 16.3. The van der Waals surface area contributed by atoms with E-state index in [2.05, 4.69) is 10.6 Å². The zero-order valence-electron chi connectivity index (χ0n) is 13.4. The summed E-state index contributed by atoms with van der Waals surface area (Å²) in [6.45, 7) is 0.947. The Morgan fingerprint density at radius 3 is 2.46 bits per heavy atom. The van der Waals surface area contributed by atoms with Gasteiger partial charge in [-0.05, 0) is 36.4 Å². The van der Waals surface area contributed by atoms with Crippen LogP contribution in [0.1, 0.15) is 0 Å². The maximum Gasteiger partial charge on any atom is 0.319 e. The molecule has 2 atom stereocenters. The highest BCUT2D eigenvalue weighted by Crippen LogP contribution is 2.22. The zero-order valence-corrected chi connectivity index (χ0v) is 13.4. The van der Waals surface area contributed by atoms with Gasteiger partial charge in [-0.2, -0.15) is 0 Å². The van der Waals surface area contributed by atoms with Gasteiger partial charge in [0.15, 0.2) is 0 Å². The van der Waals surface area contributed by atoms with Crippen LogP contribution in [0.4, 0.5) is 10.5 Å². The lowest BCUT2D eigenvalue weighted by Crippen LogP contribution is -2.45. The summed E-state index contributed by atoms with van der Waals surface area (Å²) >= 11 is 0. The van der Waals surface area contributed by atoms with Gasteiger partial charge in [0.1, 0.15) is 17.6 Å². The first-order valence-corrected chi connectivity index (χ1v) is 7.75. The smallest absolute Gasteiger partial charge is 0.319 e. The minimum absolute atomic E-state index is 0.114. The van der Waals surface area contributed by atoms with Gasteiger partial charge >= 0.3 is 6.03 Å². The third-order valence-electron chi connectivity index (χ3n) is 3.74. The van der Waals surface area contributed by atoms with Crippen LogP contribution in [0.25, 0.3) is 0 Å². The first kappa shape index (κ1) is 16.3. The van der Waals surface area contributed by atoms with Crippen LogP contribution in [-0.4, -0.2) is 38.5 Å². The SMILES string of the molecule is CO[C@H]1COC[C@@H]1NC(=O)Nc1ccc(Oc2ccccc2)cc1. The lowest BCUT2D eigenvalue weighted by molar-refractivity contribution is 0.0748. The van der Waals surface area contributed by atoms with Gasteiger partial charge in [0, 0.05) is 12.8 Å². The molecule has 126 valence electrons. The fourth-order valence-electron chi connectivity index (χ4n) is 2.47. The van der Waals surface area contributed by atoms with Crippen molar-refractivity contribution in [3.63, 3.8) is 0 Å². The highest BCUT2D eigenvalue weighted by atomic mass is 16.5. The molecule has 0 unspecified atom stereocenters. The largest absolute Gasteiger partial charge is 0.457 e. The van der Waals surface area contributed by atoms with E-state index in [0.29, 0.717) is 24.7 Å². The average molecular weight is 328 g/mol. The molecule has 1 heterocycles. The number of carbonyl (C=O) groups is 1. The summed E-state index contributed by atoms with van der Waals surface area (Å²) < 4.78 is 16.3. The minimum atomic E-state index is -0.288. The lowest BCUT2D eigenvalue weighted by Gasteiger charge is -2.18. The van der Waals surface area contributed by atoms with Crippen molar-refractivity contribution in [2.24, 2.45) is 0 Å². The summed E-state index contributed by atoms with van der Waals surface area (Å²) in [5.74, 6) is 1.47. The van der Waals surface area contributed by atoms with Gasteiger partial charge in [-0.15, -0.1) is 0 Å². The molecule has 1 aliphatic heterocycles. The molecule has 1 fully saturated rings. The van der Waals surface area contributed by atoms with E-state index in [9.17, 15) is 4.79 Å². The maximum atomic E-state index is 12.0. The fourth-order valence-corrected chi connectivity index (χ4v) is 2.47. The van der Waals surface area contributed by atoms with Crippen LogP contribution in [0.2, 0.25) is 0 Å². The van der Waals surface area contributed by atoms with Gasteiger partial charge < -0.3 is 24.8 Å². The molecule has 0 spiro atoms. The highest BCUT2D eigenvalue weighted by molar-refractivity contribution is 5.89. The molecule has 24 heavy (non-hydrogen) atoms. The molecule has 2 amide bonds. The van der Waals surface area contributed by atoms with Gasteiger partial charge in [0.05, 0.1) is 19.3 Å². The summed E-state index contributed by atoms with van der Waals surface area (Å²) in [7, 11) is 1.61. The quantitative estimate of drug-likeness (QED) is 0.885. The van der Waals surface area contributed by atoms with Crippen molar-refractivity contribution in [3.8, 4) is 11.5 Å². The maximum absolute atomic E-state index is 12.0. The Morgan fingerprint density at radius 1 is 1.04 bits per heavy atom. The summed E-state index contributed by atoms with van der Waals surface area (Å²) in [5.41, 5.74) is 0.681. The number of carbonyl (C=O) groups excluding carboxylic acids is 1. The summed E-state index contributed by atoms with van der Waals surface area (Å²) in [6.07, 6.45) is -0.114. The first-order chi connectivity index (χ1) is 11.7. The molecule has 0 aromatic heterocycles. The number of para-hydroxylation sites is 1. The van der Waals surface area contributed by atoms with Crippen LogP contribution >= 0.6 is 0 Å². The Kier molecular flexibility index (Phi) is 5.30. The molecule has 2 aromatic carbocycles. The Balaban J connectivity index is 1.53. The van der Waals surface area contributed by atoms with E-state index in [1.54, 1.807) is 31.4 Å². The van der Waals surface area contributed by atoms with Crippen molar-refractivity contribution in [2.75, 3.05) is 25.6 Å². The average Bonchev–Trinajstić information content (AvgIpc) is 3.04. The summed E-state index contributed by atoms with van der Waals surface area (Å²) in [4.78, 5) is 12.0. The van der Waals surface area contributed by atoms with Crippen LogP contribution in [0.3, 0.4) is 0 Å². The number of anilines is 1. The van der Waals surface area contributed by atoms with Crippen molar-refractivity contribution in [1.29, 1.82) is 0 Å². The molecule has 0 saturated carbocycles. The lowest BCUT2D eigenvalue weighted by atomic mass is 10.2. The molecule has 1 aliphatic rings. The van der Waals surface area contributed by atoms with Gasteiger partial charge in [-0.25, -0.2) is 4.79 Å². The second-order valence-electron chi connectivity index (χ2n) is 5.46. The van der Waals surface area contributed by atoms with E-state index in [-0.39, 0.29) is 18.2 Å². The number of hydrogen-bond donors (Lipinski definition) is 2. The van der Waals surface area contributed by atoms with Crippen molar-refractivity contribution >= 4 is 11.7 Å². The Morgan fingerprint density at radius 2 is 1.75 bits per heavy atom. The van der Waals surface area contributed by atoms with Crippen molar-refractivity contribution in [3.05, 3.63) is 54.6 Å². The molecule has 0 bridgehead atoms. The number of amides is 2. The molecule has 0 aliphatic carbocycles. The molecule has 6 nitrogen and oxygen atoms in total. The van der Waals surface area contributed by atoms with Crippen molar-refractivity contribution in [2.45, 2.75) is 12.1 Å². The number of ether oxygens (including phenoxy) is 3. The number of benzene rings is 2. The van der Waals surface area contributed by atoms with E-state index in [0.717, 1.165) is 5.75 Å². The van der Waals surface area contributed by atoms with Gasteiger partial charge in [0.2, 0.25) is 0 Å².